The molecule has 0 bridgehead atoms. The van der Waals surface area contributed by atoms with Crippen LogP contribution < -0.4 is 10.6 Å². The van der Waals surface area contributed by atoms with Crippen LogP contribution in [-0.2, 0) is 17.6 Å². The van der Waals surface area contributed by atoms with E-state index in [-0.39, 0.29) is 17.7 Å². The van der Waals surface area contributed by atoms with Crippen molar-refractivity contribution in [1.82, 2.24) is 9.97 Å². The highest BCUT2D eigenvalue weighted by molar-refractivity contribution is 6.06. The summed E-state index contributed by atoms with van der Waals surface area (Å²) in [5, 5.41) is 5.77. The average molecular weight is 338 g/mol. The van der Waals surface area contributed by atoms with E-state index in [0.29, 0.717) is 24.1 Å². The van der Waals surface area contributed by atoms with Crippen LogP contribution in [0.3, 0.4) is 0 Å². The van der Waals surface area contributed by atoms with E-state index in [1.807, 2.05) is 13.8 Å². The fourth-order valence-electron chi connectivity index (χ4n) is 2.68. The molecule has 3 rings (SSSR count). The molecular formula is C19H22N4O2. The first-order valence-electron chi connectivity index (χ1n) is 8.67. The molecule has 0 unspecified atom stereocenters. The van der Waals surface area contributed by atoms with E-state index >= 15 is 0 Å². The number of nitrogens with one attached hydrogen (secondary N) is 2. The second-order valence-electron chi connectivity index (χ2n) is 6.14. The Morgan fingerprint density at radius 1 is 0.960 bits per heavy atom. The van der Waals surface area contributed by atoms with Gasteiger partial charge in [-0.3, -0.25) is 9.59 Å². The van der Waals surface area contributed by atoms with E-state index in [4.69, 9.17) is 0 Å². The van der Waals surface area contributed by atoms with Gasteiger partial charge in [-0.15, -0.1) is 0 Å². The highest BCUT2D eigenvalue weighted by Crippen LogP contribution is 2.30. The van der Waals surface area contributed by atoms with Gasteiger partial charge in [-0.1, -0.05) is 13.8 Å². The Kier molecular flexibility index (Phi) is 5.07. The number of amides is 2. The summed E-state index contributed by atoms with van der Waals surface area (Å²) in [5.74, 6) is 0.0276. The first-order chi connectivity index (χ1) is 12.1. The smallest absolute Gasteiger partial charge is 0.259 e. The highest BCUT2D eigenvalue weighted by Gasteiger charge is 2.29. The maximum atomic E-state index is 12.7. The normalized spacial score (nSPS) is 13.4. The summed E-state index contributed by atoms with van der Waals surface area (Å²) >= 11 is 0. The number of carbonyl (C=O) groups is 2. The van der Waals surface area contributed by atoms with Crippen molar-refractivity contribution in [3.05, 3.63) is 47.5 Å². The van der Waals surface area contributed by atoms with Gasteiger partial charge in [-0.05, 0) is 49.9 Å². The minimum atomic E-state index is -0.205. The zero-order valence-corrected chi connectivity index (χ0v) is 14.5. The Hall–Kier alpha value is -2.76. The minimum absolute atomic E-state index is 0.0680. The fourth-order valence-corrected chi connectivity index (χ4v) is 2.68. The first kappa shape index (κ1) is 17.1. The van der Waals surface area contributed by atoms with Gasteiger partial charge in [-0.2, -0.15) is 0 Å². The van der Waals surface area contributed by atoms with Crippen LogP contribution in [-0.4, -0.2) is 21.8 Å². The number of nitrogens with zero attached hydrogens (tertiary/aromatic N) is 2. The van der Waals surface area contributed by atoms with Crippen LogP contribution in [0.2, 0.25) is 0 Å². The van der Waals surface area contributed by atoms with Crippen molar-refractivity contribution in [3.8, 4) is 0 Å². The second-order valence-corrected chi connectivity index (χ2v) is 6.14. The van der Waals surface area contributed by atoms with Crippen molar-refractivity contribution in [1.29, 1.82) is 0 Å². The molecule has 0 atom stereocenters. The summed E-state index contributed by atoms with van der Waals surface area (Å²) < 4.78 is 0. The Bertz CT molecular complexity index is 760. The first-order valence-corrected chi connectivity index (χ1v) is 8.67. The van der Waals surface area contributed by atoms with Crippen molar-refractivity contribution in [2.24, 2.45) is 5.92 Å². The number of carbonyl (C=O) groups excluding carboxylic acids is 2. The predicted molar refractivity (Wildman–Crippen MR) is 96.5 cm³/mol. The van der Waals surface area contributed by atoms with Crippen molar-refractivity contribution in [2.75, 3.05) is 10.6 Å². The van der Waals surface area contributed by atoms with Gasteiger partial charge >= 0.3 is 0 Å². The molecule has 1 aliphatic rings. The van der Waals surface area contributed by atoms with Crippen LogP contribution in [0.5, 0.6) is 0 Å². The van der Waals surface area contributed by atoms with Crippen molar-refractivity contribution >= 4 is 23.2 Å². The molecule has 2 amide bonds. The zero-order chi connectivity index (χ0) is 17.8. The number of hydrogen-bond acceptors (Lipinski definition) is 4. The molecule has 1 aromatic heterocycles. The number of aromatic nitrogens is 2. The number of hydrogen-bond donors (Lipinski definition) is 2. The third-order valence-corrected chi connectivity index (χ3v) is 4.26. The fraction of sp³-hybridized carbons (Fsp3) is 0.368. The molecule has 1 fully saturated rings. The molecule has 1 aromatic carbocycles. The molecule has 1 heterocycles. The van der Waals surface area contributed by atoms with Crippen LogP contribution in [0.25, 0.3) is 0 Å². The Morgan fingerprint density at radius 2 is 1.48 bits per heavy atom. The van der Waals surface area contributed by atoms with Crippen LogP contribution in [0.15, 0.2) is 30.6 Å². The number of benzene rings is 1. The molecule has 1 aliphatic carbocycles. The summed E-state index contributed by atoms with van der Waals surface area (Å²) in [6.07, 6.45) is 4.79. The van der Waals surface area contributed by atoms with E-state index < -0.39 is 0 Å². The lowest BCUT2D eigenvalue weighted by atomic mass is 10.1. The second kappa shape index (κ2) is 7.42. The van der Waals surface area contributed by atoms with Crippen LogP contribution >= 0.6 is 0 Å². The van der Waals surface area contributed by atoms with Gasteiger partial charge in [0.15, 0.2) is 0 Å². The van der Waals surface area contributed by atoms with Gasteiger partial charge in [0, 0.05) is 17.3 Å². The molecule has 1 saturated carbocycles. The average Bonchev–Trinajstić information content (AvgIpc) is 3.47. The molecule has 25 heavy (non-hydrogen) atoms. The molecule has 6 nitrogen and oxygen atoms in total. The minimum Gasteiger partial charge on any atom is -0.326 e. The van der Waals surface area contributed by atoms with E-state index in [0.717, 1.165) is 29.9 Å². The van der Waals surface area contributed by atoms with Crippen LogP contribution in [0.1, 0.15) is 48.4 Å². The predicted octanol–water partition coefficient (Wildman–Crippen LogP) is 3.20. The van der Waals surface area contributed by atoms with Crippen LogP contribution in [0.4, 0.5) is 11.4 Å². The van der Waals surface area contributed by atoms with Gasteiger partial charge < -0.3 is 10.6 Å². The molecule has 0 saturated heterocycles. The van der Waals surface area contributed by atoms with E-state index in [1.165, 1.54) is 6.33 Å². The van der Waals surface area contributed by atoms with Crippen molar-refractivity contribution < 1.29 is 9.59 Å². The number of anilines is 2. The van der Waals surface area contributed by atoms with E-state index in [1.54, 1.807) is 24.3 Å². The number of rotatable bonds is 6. The third-order valence-electron chi connectivity index (χ3n) is 4.26. The highest BCUT2D eigenvalue weighted by atomic mass is 16.2. The van der Waals surface area contributed by atoms with Crippen molar-refractivity contribution in [3.63, 3.8) is 0 Å². The maximum absolute atomic E-state index is 12.7. The molecule has 0 aliphatic heterocycles. The topological polar surface area (TPSA) is 84.0 Å². The Morgan fingerprint density at radius 3 is 1.96 bits per heavy atom. The van der Waals surface area contributed by atoms with Gasteiger partial charge in [-0.25, -0.2) is 9.97 Å². The molecular weight excluding hydrogens is 316 g/mol. The Labute approximate surface area is 147 Å². The molecule has 2 aromatic rings. The lowest BCUT2D eigenvalue weighted by Gasteiger charge is -2.12. The summed E-state index contributed by atoms with van der Waals surface area (Å²) in [6, 6.07) is 7.14. The summed E-state index contributed by atoms with van der Waals surface area (Å²) in [7, 11) is 0. The van der Waals surface area contributed by atoms with Gasteiger partial charge in [0.25, 0.3) is 5.91 Å². The quantitative estimate of drug-likeness (QED) is 0.847. The molecule has 0 radical (unpaired) electrons. The van der Waals surface area contributed by atoms with E-state index in [2.05, 4.69) is 20.6 Å². The summed E-state index contributed by atoms with van der Waals surface area (Å²) in [5.41, 5.74) is 3.46. The number of aryl methyl sites for hydroxylation is 2. The SMILES string of the molecule is CCc1ncnc(CC)c1C(=O)Nc1ccc(NC(=O)C2CC2)cc1. The molecule has 6 heteroatoms. The monoisotopic (exact) mass is 338 g/mol. The molecule has 130 valence electrons. The van der Waals surface area contributed by atoms with Crippen molar-refractivity contribution in [2.45, 2.75) is 39.5 Å². The standard InChI is InChI=1S/C19H22N4O2/c1-3-15-17(16(4-2)21-11-20-15)19(25)23-14-9-7-13(8-10-14)22-18(24)12-5-6-12/h7-12H,3-6H2,1-2H3,(H,22,24)(H,23,25). The summed E-state index contributed by atoms with van der Waals surface area (Å²) in [6.45, 7) is 3.94. The van der Waals surface area contributed by atoms with Crippen LogP contribution in [0, 0.1) is 5.92 Å². The molecule has 2 N–H and O–H groups in total. The third kappa shape index (κ3) is 4.02. The molecule has 0 spiro atoms. The van der Waals surface area contributed by atoms with E-state index in [9.17, 15) is 9.59 Å². The zero-order valence-electron chi connectivity index (χ0n) is 14.5. The largest absolute Gasteiger partial charge is 0.326 e. The van der Waals surface area contributed by atoms with Gasteiger partial charge in [0.2, 0.25) is 5.91 Å². The lowest BCUT2D eigenvalue weighted by Crippen LogP contribution is -2.18. The van der Waals surface area contributed by atoms with Gasteiger partial charge in [0.1, 0.15) is 6.33 Å². The lowest BCUT2D eigenvalue weighted by molar-refractivity contribution is -0.117. The van der Waals surface area contributed by atoms with Gasteiger partial charge in [0.05, 0.1) is 17.0 Å². The Balaban J connectivity index is 1.72. The maximum Gasteiger partial charge on any atom is 0.259 e. The summed E-state index contributed by atoms with van der Waals surface area (Å²) in [4.78, 5) is 32.9.